The van der Waals surface area contributed by atoms with Crippen LogP contribution in [-0.2, 0) is 24.4 Å². The van der Waals surface area contributed by atoms with Gasteiger partial charge in [-0.3, -0.25) is 4.98 Å². The van der Waals surface area contributed by atoms with Gasteiger partial charge in [0.1, 0.15) is 0 Å². The van der Waals surface area contributed by atoms with Crippen LogP contribution in [0.15, 0.2) is 53.6 Å². The van der Waals surface area contributed by atoms with E-state index in [1.54, 1.807) is 12.4 Å². The third-order valence-electron chi connectivity index (χ3n) is 6.03. The predicted molar refractivity (Wildman–Crippen MR) is 133 cm³/mol. The van der Waals surface area contributed by atoms with Crippen molar-refractivity contribution >= 4 is 11.5 Å². The van der Waals surface area contributed by atoms with Gasteiger partial charge in [0, 0.05) is 24.4 Å². The maximum Gasteiger partial charge on any atom is 0.416 e. The molecule has 1 aromatic carbocycles. The molecule has 0 radical (unpaired) electrons. The van der Waals surface area contributed by atoms with E-state index in [1.807, 2.05) is 32.9 Å². The molecule has 0 fully saturated rings. The van der Waals surface area contributed by atoms with Crippen LogP contribution in [0.2, 0.25) is 0 Å². The summed E-state index contributed by atoms with van der Waals surface area (Å²) in [6.45, 7) is 6.31. The van der Waals surface area contributed by atoms with Crippen molar-refractivity contribution in [2.24, 2.45) is 0 Å². The quantitative estimate of drug-likeness (QED) is 0.321. The first-order valence-corrected chi connectivity index (χ1v) is 11.9. The van der Waals surface area contributed by atoms with Crippen LogP contribution in [0.1, 0.15) is 61.4 Å². The Balaban J connectivity index is 1.62. The number of aromatic nitrogens is 5. The molecule has 0 aliphatic carbocycles. The highest BCUT2D eigenvalue weighted by atomic mass is 19.4. The summed E-state index contributed by atoms with van der Waals surface area (Å²) < 4.78 is 39.9. The van der Waals surface area contributed by atoms with Gasteiger partial charge in [-0.15, -0.1) is 5.10 Å². The number of nitrogens with one attached hydrogen (secondary N) is 2. The van der Waals surface area contributed by atoms with Gasteiger partial charge in [-0.1, -0.05) is 39.0 Å². The zero-order valence-corrected chi connectivity index (χ0v) is 20.8. The number of H-pyrrole nitrogens is 1. The molecular weight excluding hydrogens is 485 g/mol. The van der Waals surface area contributed by atoms with Crippen molar-refractivity contribution in [3.05, 3.63) is 87.4 Å². The van der Waals surface area contributed by atoms with Gasteiger partial charge in [0.15, 0.2) is 5.82 Å². The molecule has 11 heteroatoms. The fourth-order valence-corrected chi connectivity index (χ4v) is 4.15. The zero-order valence-electron chi connectivity index (χ0n) is 20.8. The van der Waals surface area contributed by atoms with Crippen LogP contribution in [-0.4, -0.2) is 36.2 Å². The van der Waals surface area contributed by atoms with Gasteiger partial charge in [0.05, 0.1) is 23.1 Å². The Kier molecular flexibility index (Phi) is 7.35. The number of aliphatic hydroxyl groups is 1. The van der Waals surface area contributed by atoms with Gasteiger partial charge in [-0.05, 0) is 48.6 Å². The van der Waals surface area contributed by atoms with Gasteiger partial charge < -0.3 is 10.4 Å². The number of halogens is 3. The van der Waals surface area contributed by atoms with Crippen LogP contribution in [0.4, 0.5) is 19.0 Å². The molecule has 0 spiro atoms. The largest absolute Gasteiger partial charge is 0.416 e. The minimum atomic E-state index is -4.41. The standard InChI is InChI=1S/C26H29F3N6O2/c1-25(2,3)21-20(19(36)11-8-16-6-9-18(10-7-16)26(27,28)29)35-23(33-34-24(35)37)22(32-21)31-14-12-17-5-4-13-30-15-17/h4-7,9-10,13,15,19,36H,8,11-12,14H2,1-3H3,(H,31,32)(H,34,37). The van der Waals surface area contributed by atoms with Crippen LogP contribution < -0.4 is 11.0 Å². The maximum atomic E-state index is 12.9. The van der Waals surface area contributed by atoms with Crippen LogP contribution in [0, 0.1) is 0 Å². The van der Waals surface area contributed by atoms with Gasteiger partial charge in [0.2, 0.25) is 5.65 Å². The normalized spacial score (nSPS) is 13.2. The van der Waals surface area contributed by atoms with Crippen LogP contribution in [0.25, 0.3) is 5.65 Å². The molecule has 0 amide bonds. The van der Waals surface area contributed by atoms with Gasteiger partial charge in [-0.2, -0.15) is 13.2 Å². The summed E-state index contributed by atoms with van der Waals surface area (Å²) >= 11 is 0. The van der Waals surface area contributed by atoms with Crippen LogP contribution in [0.5, 0.6) is 0 Å². The summed E-state index contributed by atoms with van der Waals surface area (Å²) in [6.07, 6.45) is -0.869. The second-order valence-electron chi connectivity index (χ2n) is 9.92. The number of benzene rings is 1. The van der Waals surface area contributed by atoms with Crippen LogP contribution in [0.3, 0.4) is 0 Å². The van der Waals surface area contributed by atoms with E-state index in [9.17, 15) is 23.1 Å². The van der Waals surface area contributed by atoms with Crippen molar-refractivity contribution in [3.63, 3.8) is 0 Å². The number of anilines is 1. The number of pyridine rings is 1. The molecule has 0 aliphatic rings. The third kappa shape index (κ3) is 5.99. The first-order valence-electron chi connectivity index (χ1n) is 11.9. The Morgan fingerprint density at radius 1 is 1.08 bits per heavy atom. The smallest absolute Gasteiger partial charge is 0.387 e. The van der Waals surface area contributed by atoms with E-state index >= 15 is 0 Å². The molecule has 8 nitrogen and oxygen atoms in total. The molecule has 1 unspecified atom stereocenters. The van der Waals surface area contributed by atoms with Crippen molar-refractivity contribution < 1.29 is 18.3 Å². The molecule has 4 rings (SSSR count). The lowest BCUT2D eigenvalue weighted by molar-refractivity contribution is -0.137. The molecule has 3 aromatic heterocycles. The van der Waals surface area contributed by atoms with Gasteiger partial charge in [0.25, 0.3) is 0 Å². The molecule has 0 saturated heterocycles. The monoisotopic (exact) mass is 514 g/mol. The lowest BCUT2D eigenvalue weighted by atomic mass is 9.88. The summed E-state index contributed by atoms with van der Waals surface area (Å²) in [7, 11) is 0. The lowest BCUT2D eigenvalue weighted by Gasteiger charge is -2.26. The maximum absolute atomic E-state index is 12.9. The first-order chi connectivity index (χ1) is 17.4. The molecule has 37 heavy (non-hydrogen) atoms. The van der Waals surface area contributed by atoms with E-state index < -0.39 is 28.9 Å². The number of aliphatic hydroxyl groups excluding tert-OH is 1. The highest BCUT2D eigenvalue weighted by Gasteiger charge is 2.31. The average molecular weight is 515 g/mol. The molecule has 1 atom stereocenters. The minimum Gasteiger partial charge on any atom is -0.387 e. The number of hydrogen-bond acceptors (Lipinski definition) is 6. The number of aryl methyl sites for hydroxylation is 1. The number of hydrogen-bond donors (Lipinski definition) is 3. The number of nitrogens with zero attached hydrogens (tertiary/aromatic N) is 4. The highest BCUT2D eigenvalue weighted by molar-refractivity contribution is 5.63. The van der Waals surface area contributed by atoms with E-state index in [1.165, 1.54) is 16.5 Å². The van der Waals surface area contributed by atoms with E-state index in [-0.39, 0.29) is 12.1 Å². The van der Waals surface area contributed by atoms with Gasteiger partial charge >= 0.3 is 11.9 Å². The Hall–Kier alpha value is -3.73. The fourth-order valence-electron chi connectivity index (χ4n) is 4.15. The number of alkyl halides is 3. The van der Waals surface area contributed by atoms with Crippen molar-refractivity contribution in [2.75, 3.05) is 11.9 Å². The summed E-state index contributed by atoms with van der Waals surface area (Å²) in [5.74, 6) is 0.408. The van der Waals surface area contributed by atoms with Crippen molar-refractivity contribution in [1.82, 2.24) is 24.6 Å². The molecule has 0 bridgehead atoms. The number of aromatic amines is 1. The second kappa shape index (κ2) is 10.3. The van der Waals surface area contributed by atoms with Crippen molar-refractivity contribution in [3.8, 4) is 0 Å². The topological polar surface area (TPSA) is 108 Å². The Bertz CT molecular complexity index is 1410. The minimum absolute atomic E-state index is 0.177. The molecule has 0 saturated carbocycles. The summed E-state index contributed by atoms with van der Waals surface area (Å²) in [5.41, 5.74) is 0.996. The van der Waals surface area contributed by atoms with Crippen molar-refractivity contribution in [2.45, 2.75) is 57.7 Å². The second-order valence-corrected chi connectivity index (χ2v) is 9.92. The zero-order chi connectivity index (χ0) is 26.8. The van der Waals surface area contributed by atoms with E-state index in [0.29, 0.717) is 42.2 Å². The molecule has 0 aliphatic heterocycles. The fraction of sp³-hybridized carbons (Fsp3) is 0.385. The van der Waals surface area contributed by atoms with Gasteiger partial charge in [-0.25, -0.2) is 19.3 Å². The van der Waals surface area contributed by atoms with E-state index in [4.69, 9.17) is 4.98 Å². The van der Waals surface area contributed by atoms with E-state index in [0.717, 1.165) is 17.7 Å². The third-order valence-corrected chi connectivity index (χ3v) is 6.03. The predicted octanol–water partition coefficient (Wildman–Crippen LogP) is 4.45. The Morgan fingerprint density at radius 2 is 1.81 bits per heavy atom. The lowest BCUT2D eigenvalue weighted by Crippen LogP contribution is -2.27. The summed E-state index contributed by atoms with van der Waals surface area (Å²) in [4.78, 5) is 21.7. The highest BCUT2D eigenvalue weighted by Crippen LogP contribution is 2.33. The number of fused-ring (bicyclic) bond motifs is 1. The summed E-state index contributed by atoms with van der Waals surface area (Å²) in [5, 5.41) is 21.0. The molecule has 196 valence electrons. The molecule has 4 aromatic rings. The Labute approximate surface area is 211 Å². The Morgan fingerprint density at radius 3 is 2.43 bits per heavy atom. The average Bonchev–Trinajstić information content (AvgIpc) is 3.24. The first kappa shape index (κ1) is 26.3. The van der Waals surface area contributed by atoms with Crippen molar-refractivity contribution in [1.29, 1.82) is 0 Å². The SMILES string of the molecule is CC(C)(C)c1nc(NCCc2cccnc2)c2n[nH]c(=O)n2c1C(O)CCc1ccc(C(F)(F)F)cc1. The summed E-state index contributed by atoms with van der Waals surface area (Å²) in [6, 6.07) is 8.66. The molecule has 3 N–H and O–H groups in total. The molecular formula is C26H29F3N6O2. The van der Waals surface area contributed by atoms with E-state index in [2.05, 4.69) is 20.5 Å². The molecule has 3 heterocycles. The van der Waals surface area contributed by atoms with Crippen LogP contribution >= 0.6 is 0 Å². The number of rotatable bonds is 8.